The lowest BCUT2D eigenvalue weighted by atomic mass is 9.99. The molecule has 0 heterocycles. The first-order chi connectivity index (χ1) is 9.11. The quantitative estimate of drug-likeness (QED) is 0.622. The topological polar surface area (TPSA) is 38.0 Å². The number of benzene rings is 2. The van der Waals surface area contributed by atoms with Gasteiger partial charge in [0, 0.05) is 20.1 Å². The lowest BCUT2D eigenvalue weighted by Gasteiger charge is -2.19. The molecule has 0 aliphatic heterocycles. The van der Waals surface area contributed by atoms with Crippen molar-refractivity contribution in [1.82, 2.24) is 5.43 Å². The minimum atomic E-state index is -0.129. The van der Waals surface area contributed by atoms with Crippen LogP contribution in [-0.2, 0) is 6.42 Å². The largest absolute Gasteiger partial charge is 0.271 e. The van der Waals surface area contributed by atoms with E-state index in [1.54, 1.807) is 0 Å². The van der Waals surface area contributed by atoms with Crippen molar-refractivity contribution in [3.63, 3.8) is 0 Å². The lowest BCUT2D eigenvalue weighted by Crippen LogP contribution is -2.30. The Kier molecular flexibility index (Phi) is 5.25. The molecular formula is C14H13BrCl2N2. The van der Waals surface area contributed by atoms with Crippen LogP contribution >= 0.6 is 39.1 Å². The summed E-state index contributed by atoms with van der Waals surface area (Å²) in [5, 5.41) is 1.23. The third-order valence-electron chi connectivity index (χ3n) is 2.88. The Labute approximate surface area is 131 Å². The van der Waals surface area contributed by atoms with Crippen LogP contribution < -0.4 is 11.3 Å². The molecule has 2 aromatic rings. The molecule has 2 rings (SSSR count). The summed E-state index contributed by atoms with van der Waals surface area (Å²) in [6.45, 7) is 0. The maximum absolute atomic E-state index is 6.21. The van der Waals surface area contributed by atoms with Crippen molar-refractivity contribution in [3.05, 3.63) is 68.1 Å². The Morgan fingerprint density at radius 1 is 1.11 bits per heavy atom. The molecule has 0 saturated heterocycles. The van der Waals surface area contributed by atoms with Crippen molar-refractivity contribution < 1.29 is 0 Å². The second-order valence-corrected chi connectivity index (χ2v) is 5.92. The number of rotatable bonds is 4. The zero-order valence-electron chi connectivity index (χ0n) is 10.0. The highest BCUT2D eigenvalue weighted by Gasteiger charge is 2.17. The van der Waals surface area contributed by atoms with Crippen molar-refractivity contribution in [1.29, 1.82) is 0 Å². The Bertz CT molecular complexity index is 555. The molecule has 3 N–H and O–H groups in total. The monoisotopic (exact) mass is 358 g/mol. The van der Waals surface area contributed by atoms with E-state index in [2.05, 4.69) is 27.4 Å². The van der Waals surface area contributed by atoms with E-state index in [9.17, 15) is 0 Å². The first kappa shape index (κ1) is 14.8. The molecule has 0 fully saturated rings. The summed E-state index contributed by atoms with van der Waals surface area (Å²) in [6.07, 6.45) is 0.708. The molecule has 0 aliphatic carbocycles. The van der Waals surface area contributed by atoms with Gasteiger partial charge in [-0.15, -0.1) is 0 Å². The number of hydrogen-bond acceptors (Lipinski definition) is 2. The summed E-state index contributed by atoms with van der Waals surface area (Å²) < 4.78 is 1.03. The van der Waals surface area contributed by atoms with Gasteiger partial charge in [0.25, 0.3) is 0 Å². The molecular weight excluding hydrogens is 347 g/mol. The third-order valence-corrected chi connectivity index (χ3v) is 4.03. The molecule has 100 valence electrons. The van der Waals surface area contributed by atoms with Gasteiger partial charge in [-0.2, -0.15) is 0 Å². The Balaban J connectivity index is 2.30. The van der Waals surface area contributed by atoms with Crippen molar-refractivity contribution >= 4 is 39.1 Å². The normalized spacial score (nSPS) is 12.4. The molecule has 2 nitrogen and oxygen atoms in total. The van der Waals surface area contributed by atoms with Crippen LogP contribution in [0.4, 0.5) is 0 Å². The Morgan fingerprint density at radius 2 is 1.74 bits per heavy atom. The van der Waals surface area contributed by atoms with Crippen LogP contribution in [0.5, 0.6) is 0 Å². The molecule has 0 spiro atoms. The number of halogens is 3. The van der Waals surface area contributed by atoms with E-state index in [0.717, 1.165) is 15.6 Å². The number of hydrogen-bond donors (Lipinski definition) is 2. The van der Waals surface area contributed by atoms with Crippen LogP contribution in [0, 0.1) is 0 Å². The van der Waals surface area contributed by atoms with Crippen LogP contribution in [0.25, 0.3) is 0 Å². The van der Waals surface area contributed by atoms with E-state index in [0.29, 0.717) is 16.5 Å². The first-order valence-corrected chi connectivity index (χ1v) is 7.31. The summed E-state index contributed by atoms with van der Waals surface area (Å²) in [5.74, 6) is 5.65. The van der Waals surface area contributed by atoms with Gasteiger partial charge in [0.1, 0.15) is 0 Å². The number of nitrogens with one attached hydrogen (secondary N) is 1. The molecule has 0 saturated carbocycles. The highest BCUT2D eigenvalue weighted by atomic mass is 79.9. The predicted molar refractivity (Wildman–Crippen MR) is 84.4 cm³/mol. The Morgan fingerprint density at radius 3 is 2.32 bits per heavy atom. The maximum Gasteiger partial charge on any atom is 0.0529 e. The zero-order valence-corrected chi connectivity index (χ0v) is 13.1. The molecule has 1 atom stereocenters. The molecule has 0 bridgehead atoms. The van der Waals surface area contributed by atoms with Crippen LogP contribution in [-0.4, -0.2) is 0 Å². The summed E-state index contributed by atoms with van der Waals surface area (Å²) in [5.41, 5.74) is 4.76. The van der Waals surface area contributed by atoms with Gasteiger partial charge in [0.15, 0.2) is 0 Å². The Hall–Kier alpha value is -0.580. The average Bonchev–Trinajstić information content (AvgIpc) is 2.37. The molecule has 0 amide bonds. The van der Waals surface area contributed by atoms with Crippen LogP contribution in [0.15, 0.2) is 46.9 Å². The van der Waals surface area contributed by atoms with E-state index in [-0.39, 0.29) is 6.04 Å². The molecule has 0 radical (unpaired) electrons. The van der Waals surface area contributed by atoms with E-state index >= 15 is 0 Å². The van der Waals surface area contributed by atoms with Gasteiger partial charge in [-0.1, -0.05) is 57.3 Å². The maximum atomic E-state index is 6.21. The molecule has 1 unspecified atom stereocenters. The number of nitrogens with two attached hydrogens (primary N) is 1. The summed E-state index contributed by atoms with van der Waals surface area (Å²) in [7, 11) is 0. The summed E-state index contributed by atoms with van der Waals surface area (Å²) in [4.78, 5) is 0. The highest BCUT2D eigenvalue weighted by molar-refractivity contribution is 9.10. The fraction of sp³-hybridized carbons (Fsp3) is 0.143. The third kappa shape index (κ3) is 3.71. The van der Waals surface area contributed by atoms with Crippen LogP contribution in [0.2, 0.25) is 10.0 Å². The van der Waals surface area contributed by atoms with Gasteiger partial charge in [0.05, 0.1) is 6.04 Å². The van der Waals surface area contributed by atoms with Crippen molar-refractivity contribution in [2.24, 2.45) is 5.84 Å². The average molecular weight is 360 g/mol. The van der Waals surface area contributed by atoms with Gasteiger partial charge < -0.3 is 0 Å². The second-order valence-electron chi connectivity index (χ2n) is 4.19. The fourth-order valence-corrected chi connectivity index (χ4v) is 3.10. The van der Waals surface area contributed by atoms with E-state index in [1.807, 2.05) is 36.4 Å². The summed E-state index contributed by atoms with van der Waals surface area (Å²) in [6, 6.07) is 13.4. The highest BCUT2D eigenvalue weighted by Crippen LogP contribution is 2.32. The minimum absolute atomic E-state index is 0.129. The van der Waals surface area contributed by atoms with Gasteiger partial charge in [-0.3, -0.25) is 11.3 Å². The molecule has 0 aromatic heterocycles. The van der Waals surface area contributed by atoms with Gasteiger partial charge in [-0.05, 0) is 36.2 Å². The van der Waals surface area contributed by atoms with Gasteiger partial charge >= 0.3 is 0 Å². The van der Waals surface area contributed by atoms with Gasteiger partial charge in [-0.25, -0.2) is 0 Å². The first-order valence-electron chi connectivity index (χ1n) is 5.76. The van der Waals surface area contributed by atoms with Crippen molar-refractivity contribution in [3.8, 4) is 0 Å². The fourth-order valence-electron chi connectivity index (χ4n) is 1.99. The van der Waals surface area contributed by atoms with Crippen LogP contribution in [0.1, 0.15) is 17.2 Å². The van der Waals surface area contributed by atoms with E-state index in [1.165, 1.54) is 0 Å². The van der Waals surface area contributed by atoms with E-state index in [4.69, 9.17) is 29.0 Å². The van der Waals surface area contributed by atoms with Crippen LogP contribution in [0.3, 0.4) is 0 Å². The minimum Gasteiger partial charge on any atom is -0.271 e. The molecule has 5 heteroatoms. The van der Waals surface area contributed by atoms with E-state index < -0.39 is 0 Å². The molecule has 2 aromatic carbocycles. The zero-order chi connectivity index (χ0) is 13.8. The SMILES string of the molecule is NNC(Cc1cccc(Br)c1)c1c(Cl)cccc1Cl. The predicted octanol–water partition coefficient (Wildman–Crippen LogP) is 4.50. The number of hydrazine groups is 1. The molecule has 0 aliphatic rings. The smallest absolute Gasteiger partial charge is 0.0529 e. The lowest BCUT2D eigenvalue weighted by molar-refractivity contribution is 0.552. The van der Waals surface area contributed by atoms with Crippen molar-refractivity contribution in [2.75, 3.05) is 0 Å². The molecule has 19 heavy (non-hydrogen) atoms. The van der Waals surface area contributed by atoms with Gasteiger partial charge in [0.2, 0.25) is 0 Å². The standard InChI is InChI=1S/C14H13BrCl2N2/c15-10-4-1-3-9(7-10)8-13(19-18)14-11(16)5-2-6-12(14)17/h1-7,13,19H,8,18H2. The van der Waals surface area contributed by atoms with Crippen molar-refractivity contribution in [2.45, 2.75) is 12.5 Å². The second kappa shape index (κ2) is 6.73. The summed E-state index contributed by atoms with van der Waals surface area (Å²) >= 11 is 15.9.